The minimum absolute atomic E-state index is 0. The molecule has 0 amide bonds. The first-order valence-corrected chi connectivity index (χ1v) is 9.58. The van der Waals surface area contributed by atoms with Crippen molar-refractivity contribution in [2.45, 2.75) is 20.8 Å². The molecule has 0 atom stereocenters. The van der Waals surface area contributed by atoms with Crippen LogP contribution in [0.15, 0.2) is 67.2 Å². The van der Waals surface area contributed by atoms with Gasteiger partial charge in [-0.05, 0) is 34.3 Å². The molecular formula is C19H29PPd. The van der Waals surface area contributed by atoms with Gasteiger partial charge in [-0.3, -0.25) is 0 Å². The maximum absolute atomic E-state index is 3.63. The number of rotatable bonds is 4. The summed E-state index contributed by atoms with van der Waals surface area (Å²) >= 11 is 0. The van der Waals surface area contributed by atoms with Crippen molar-refractivity contribution in [2.24, 2.45) is 0 Å². The van der Waals surface area contributed by atoms with Crippen molar-refractivity contribution in [1.82, 2.24) is 0 Å². The van der Waals surface area contributed by atoms with E-state index in [0.717, 1.165) is 0 Å². The Bertz CT molecular complexity index is 368. The van der Waals surface area contributed by atoms with Gasteiger partial charge in [0.25, 0.3) is 0 Å². The van der Waals surface area contributed by atoms with Crippen LogP contribution >= 0.6 is 7.92 Å². The Morgan fingerprint density at radius 1 is 0.905 bits per heavy atom. The predicted molar refractivity (Wildman–Crippen MR) is 98.5 cm³/mol. The fourth-order valence-electron chi connectivity index (χ4n) is 1.66. The van der Waals surface area contributed by atoms with Crippen LogP contribution in [0.2, 0.25) is 0 Å². The summed E-state index contributed by atoms with van der Waals surface area (Å²) in [5.41, 5.74) is 1.17. The first-order valence-electron chi connectivity index (χ1n) is 7.46. The fraction of sp³-hybridized carbons (Fsp3) is 0.316. The van der Waals surface area contributed by atoms with Crippen molar-refractivity contribution >= 4 is 14.0 Å². The minimum atomic E-state index is 0. The largest absolute Gasteiger partial charge is 0.214 e. The predicted octanol–water partition coefficient (Wildman–Crippen LogP) is 5.99. The molecule has 0 saturated carbocycles. The number of hydrogen-bond acceptors (Lipinski definition) is 0. The molecule has 21 heavy (non-hydrogen) atoms. The molecule has 0 N–H and O–H groups in total. The molecule has 2 heteroatoms. The monoisotopic (exact) mass is 394 g/mol. The first-order chi connectivity index (χ1) is 9.78. The third-order valence-electron chi connectivity index (χ3n) is 3.09. The third-order valence-corrected chi connectivity index (χ3v) is 6.09. The number of benzene rings is 1. The van der Waals surface area contributed by atoms with Crippen molar-refractivity contribution in [3.05, 3.63) is 72.8 Å². The van der Waals surface area contributed by atoms with E-state index in [2.05, 4.69) is 27.4 Å². The Morgan fingerprint density at radius 2 is 1.38 bits per heavy atom. The zero-order valence-electron chi connectivity index (χ0n) is 13.5. The fourth-order valence-corrected chi connectivity index (χ4v) is 3.16. The van der Waals surface area contributed by atoms with Gasteiger partial charge in [0.1, 0.15) is 0 Å². The van der Waals surface area contributed by atoms with Crippen LogP contribution in [0.5, 0.6) is 0 Å². The average Bonchev–Trinajstić information content (AvgIpc) is 3.10. The Labute approximate surface area is 146 Å². The van der Waals surface area contributed by atoms with Crippen LogP contribution in [-0.2, 0) is 20.4 Å². The van der Waals surface area contributed by atoms with E-state index in [-0.39, 0.29) is 28.3 Å². The van der Waals surface area contributed by atoms with Crippen molar-refractivity contribution in [1.29, 1.82) is 0 Å². The van der Waals surface area contributed by atoms with Crippen molar-refractivity contribution in [3.8, 4) is 0 Å². The van der Waals surface area contributed by atoms with Crippen LogP contribution in [0.4, 0.5) is 0 Å². The standard InChI is InChI=1S/C8H8.C6H15P.C5H5.Pd/c1-2-8-6-4-3-5-7-8;1-4-7(5-2)6-3;1-2-4-5-3-1;/h2-7H,1H2;4-6H2,1-3H3;1-5H;/q;;-1;/p+1. The minimum Gasteiger partial charge on any atom is -0.214 e. The Morgan fingerprint density at radius 3 is 1.57 bits per heavy atom. The molecule has 0 unspecified atom stereocenters. The molecule has 2 rings (SSSR count). The molecule has 0 aliphatic carbocycles. The first kappa shape index (κ1) is 22.7. The molecule has 0 fully saturated rings. The van der Waals surface area contributed by atoms with Gasteiger partial charge < -0.3 is 0 Å². The SMILES string of the molecule is C=Cc1ccccc1.CC[PH+](CC)CC.[Pd].c1cc[cH-]c1. The van der Waals surface area contributed by atoms with Crippen LogP contribution in [0, 0.1) is 0 Å². The Hall–Kier alpha value is -0.598. The molecule has 0 saturated heterocycles. The summed E-state index contributed by atoms with van der Waals surface area (Å²) in [6.07, 6.45) is 6.20. The molecular weight excluding hydrogens is 366 g/mol. The van der Waals surface area contributed by atoms with Gasteiger partial charge in [0.05, 0.1) is 18.5 Å². The van der Waals surface area contributed by atoms with E-state index in [1.165, 1.54) is 24.0 Å². The van der Waals surface area contributed by atoms with Crippen LogP contribution in [0.25, 0.3) is 6.08 Å². The molecule has 0 nitrogen and oxygen atoms in total. The molecule has 0 radical (unpaired) electrons. The van der Waals surface area contributed by atoms with Crippen LogP contribution in [0.3, 0.4) is 0 Å². The Kier molecular flexibility index (Phi) is 18.9. The summed E-state index contributed by atoms with van der Waals surface area (Å²) in [6, 6.07) is 20.0. The average molecular weight is 395 g/mol. The zero-order chi connectivity index (χ0) is 15.1. The second-order valence-electron chi connectivity index (χ2n) is 4.39. The molecule has 0 aromatic heterocycles. The second-order valence-corrected chi connectivity index (χ2v) is 8.01. The normalized spacial score (nSPS) is 8.57. The van der Waals surface area contributed by atoms with Crippen LogP contribution in [-0.4, -0.2) is 18.5 Å². The molecule has 0 aliphatic rings. The van der Waals surface area contributed by atoms with Gasteiger partial charge in [-0.15, -0.1) is 0 Å². The smallest absolute Gasteiger partial charge is 0.0543 e. The van der Waals surface area contributed by atoms with E-state index in [0.29, 0.717) is 0 Å². The van der Waals surface area contributed by atoms with Gasteiger partial charge in [-0.25, -0.2) is 12.1 Å². The van der Waals surface area contributed by atoms with Gasteiger partial charge in [-0.1, -0.05) is 43.0 Å². The van der Waals surface area contributed by atoms with Crippen molar-refractivity contribution in [2.75, 3.05) is 18.5 Å². The summed E-state index contributed by atoms with van der Waals surface area (Å²) < 4.78 is 0. The Balaban J connectivity index is 0. The second kappa shape index (κ2) is 17.5. The zero-order valence-corrected chi connectivity index (χ0v) is 16.1. The van der Waals surface area contributed by atoms with Crippen LogP contribution in [0.1, 0.15) is 26.3 Å². The van der Waals surface area contributed by atoms with Gasteiger partial charge in [0.15, 0.2) is 0 Å². The molecule has 0 aliphatic heterocycles. The van der Waals surface area contributed by atoms with E-state index >= 15 is 0 Å². The van der Waals surface area contributed by atoms with Gasteiger partial charge >= 0.3 is 0 Å². The van der Waals surface area contributed by atoms with E-state index in [9.17, 15) is 0 Å². The van der Waals surface area contributed by atoms with Crippen molar-refractivity contribution < 1.29 is 20.4 Å². The molecule has 0 spiro atoms. The van der Waals surface area contributed by atoms with E-state index in [1.807, 2.05) is 66.7 Å². The topological polar surface area (TPSA) is 0 Å². The molecule has 2 aromatic carbocycles. The quantitative estimate of drug-likeness (QED) is 0.339. The third kappa shape index (κ3) is 14.1. The van der Waals surface area contributed by atoms with E-state index in [4.69, 9.17) is 0 Å². The van der Waals surface area contributed by atoms with Gasteiger partial charge in [0, 0.05) is 20.4 Å². The van der Waals surface area contributed by atoms with Crippen LogP contribution < -0.4 is 0 Å². The molecule has 2 aromatic rings. The summed E-state index contributed by atoms with van der Waals surface area (Å²) in [5.74, 6) is 0. The summed E-state index contributed by atoms with van der Waals surface area (Å²) in [6.45, 7) is 10.6. The van der Waals surface area contributed by atoms with Gasteiger partial charge in [0.2, 0.25) is 0 Å². The van der Waals surface area contributed by atoms with E-state index in [1.54, 1.807) is 0 Å². The van der Waals surface area contributed by atoms with Gasteiger partial charge in [-0.2, -0.15) is 18.2 Å². The number of hydrogen-bond donors (Lipinski definition) is 0. The summed E-state index contributed by atoms with van der Waals surface area (Å²) in [7, 11) is 0.137. The molecule has 120 valence electrons. The van der Waals surface area contributed by atoms with Crippen molar-refractivity contribution in [3.63, 3.8) is 0 Å². The summed E-state index contributed by atoms with van der Waals surface area (Å²) in [4.78, 5) is 0. The maximum Gasteiger partial charge on any atom is 0.0543 e. The molecule has 0 heterocycles. The maximum atomic E-state index is 3.63. The van der Waals surface area contributed by atoms with E-state index < -0.39 is 0 Å². The molecule has 0 bridgehead atoms. The summed E-state index contributed by atoms with van der Waals surface area (Å²) in [5, 5.41) is 0.